The van der Waals surface area contributed by atoms with Crippen molar-refractivity contribution < 1.29 is 9.50 Å². The highest BCUT2D eigenvalue weighted by Gasteiger charge is 2.03. The fourth-order valence-electron chi connectivity index (χ4n) is 1.31. The van der Waals surface area contributed by atoms with Crippen molar-refractivity contribution in [3.8, 4) is 16.9 Å². The van der Waals surface area contributed by atoms with Crippen LogP contribution in [0.15, 0.2) is 42.5 Å². The third-order valence-electron chi connectivity index (χ3n) is 1.98. The summed E-state index contributed by atoms with van der Waals surface area (Å²) in [6.07, 6.45) is 0. The number of phenols is 1. The van der Waals surface area contributed by atoms with Gasteiger partial charge in [-0.15, -0.1) is 0 Å². The van der Waals surface area contributed by atoms with Crippen LogP contribution in [0.4, 0.5) is 4.39 Å². The van der Waals surface area contributed by atoms with Crippen molar-refractivity contribution in [2.75, 3.05) is 0 Å². The summed E-state index contributed by atoms with van der Waals surface area (Å²) in [6.45, 7) is 0. The highest BCUT2D eigenvalue weighted by Crippen LogP contribution is 2.28. The maximum absolute atomic E-state index is 12.7. The molecule has 0 aromatic heterocycles. The molecule has 0 heterocycles. The molecule has 0 spiro atoms. The topological polar surface area (TPSA) is 20.2 Å². The number of aromatic hydroxyl groups is 1. The molecule has 1 nitrogen and oxygen atoms in total. The maximum atomic E-state index is 12.7. The predicted molar refractivity (Wildman–Crippen MR) is 52.3 cm³/mol. The smallest absolute Gasteiger partial charge is 0.126 e. The van der Waals surface area contributed by atoms with Crippen molar-refractivity contribution in [2.45, 2.75) is 0 Å². The van der Waals surface area contributed by atoms with Crippen molar-refractivity contribution in [1.82, 2.24) is 0 Å². The number of halogens is 1. The molecule has 0 saturated heterocycles. The van der Waals surface area contributed by atoms with E-state index in [2.05, 4.69) is 6.07 Å². The van der Waals surface area contributed by atoms with Crippen LogP contribution in [0.5, 0.6) is 5.75 Å². The first-order chi connectivity index (χ1) is 6.77. The van der Waals surface area contributed by atoms with E-state index in [1.807, 2.05) is 12.1 Å². The molecule has 0 aliphatic carbocycles. The van der Waals surface area contributed by atoms with Gasteiger partial charge in [0.15, 0.2) is 0 Å². The minimum atomic E-state index is -0.439. The van der Waals surface area contributed by atoms with Gasteiger partial charge in [-0.1, -0.05) is 18.2 Å². The normalized spacial score (nSPS) is 10.1. The molecule has 0 atom stereocenters. The first-order valence-electron chi connectivity index (χ1n) is 4.22. The van der Waals surface area contributed by atoms with Crippen LogP contribution in [0.2, 0.25) is 0 Å². The van der Waals surface area contributed by atoms with Crippen molar-refractivity contribution in [3.63, 3.8) is 0 Å². The summed E-state index contributed by atoms with van der Waals surface area (Å²) in [5.74, 6) is -0.490. The molecule has 1 N–H and O–H groups in total. The second kappa shape index (κ2) is 3.50. The summed E-state index contributed by atoms with van der Waals surface area (Å²) >= 11 is 0. The van der Waals surface area contributed by atoms with E-state index in [-0.39, 0.29) is 5.75 Å². The van der Waals surface area contributed by atoms with E-state index in [4.69, 9.17) is 0 Å². The van der Waals surface area contributed by atoms with Gasteiger partial charge in [-0.25, -0.2) is 4.39 Å². The zero-order valence-electron chi connectivity index (χ0n) is 7.37. The van der Waals surface area contributed by atoms with E-state index in [0.29, 0.717) is 5.56 Å². The van der Waals surface area contributed by atoms with E-state index in [0.717, 1.165) is 11.6 Å². The number of hydrogen-bond donors (Lipinski definition) is 1. The van der Waals surface area contributed by atoms with Crippen LogP contribution in [-0.4, -0.2) is 5.11 Å². The van der Waals surface area contributed by atoms with E-state index in [1.165, 1.54) is 6.07 Å². The quantitative estimate of drug-likeness (QED) is 0.727. The lowest BCUT2D eigenvalue weighted by Gasteiger charge is -2.03. The van der Waals surface area contributed by atoms with Crippen LogP contribution >= 0.6 is 0 Å². The fourth-order valence-corrected chi connectivity index (χ4v) is 1.31. The van der Waals surface area contributed by atoms with E-state index < -0.39 is 5.82 Å². The van der Waals surface area contributed by atoms with Gasteiger partial charge in [-0.2, -0.15) is 0 Å². The molecule has 0 saturated carbocycles. The molecule has 2 heteroatoms. The lowest BCUT2D eigenvalue weighted by molar-refractivity contribution is 0.471. The summed E-state index contributed by atoms with van der Waals surface area (Å²) in [4.78, 5) is 0. The van der Waals surface area contributed by atoms with E-state index in [1.54, 1.807) is 18.2 Å². The van der Waals surface area contributed by atoms with E-state index >= 15 is 0 Å². The Morgan fingerprint density at radius 2 is 2.07 bits per heavy atom. The molecule has 0 unspecified atom stereocenters. The largest absolute Gasteiger partial charge is 0.507 e. The molecule has 2 aromatic carbocycles. The Bertz CT molecular complexity index is 437. The third kappa shape index (κ3) is 1.59. The molecular weight excluding hydrogens is 179 g/mol. The average molecular weight is 187 g/mol. The monoisotopic (exact) mass is 187 g/mol. The molecule has 0 bridgehead atoms. The van der Waals surface area contributed by atoms with Crippen LogP contribution in [0.25, 0.3) is 11.1 Å². The molecule has 1 radical (unpaired) electrons. The first-order valence-corrected chi connectivity index (χ1v) is 4.22. The van der Waals surface area contributed by atoms with Crippen molar-refractivity contribution in [2.24, 2.45) is 0 Å². The lowest BCUT2D eigenvalue weighted by atomic mass is 10.1. The Balaban J connectivity index is 2.53. The summed E-state index contributed by atoms with van der Waals surface area (Å²) in [5, 5.41) is 9.49. The number of hydrogen-bond acceptors (Lipinski definition) is 1. The molecule has 0 aliphatic rings. The molecule has 0 fully saturated rings. The van der Waals surface area contributed by atoms with Crippen molar-refractivity contribution in [1.29, 1.82) is 0 Å². The molecule has 2 aromatic rings. The molecule has 0 amide bonds. The zero-order chi connectivity index (χ0) is 9.97. The highest BCUT2D eigenvalue weighted by atomic mass is 19.1. The fraction of sp³-hybridized carbons (Fsp3) is 0. The van der Waals surface area contributed by atoms with Crippen LogP contribution in [0, 0.1) is 11.9 Å². The Labute approximate surface area is 81.4 Å². The van der Waals surface area contributed by atoms with Crippen LogP contribution in [-0.2, 0) is 0 Å². The number of benzene rings is 2. The summed E-state index contributed by atoms with van der Waals surface area (Å²) in [7, 11) is 0. The van der Waals surface area contributed by atoms with Gasteiger partial charge < -0.3 is 5.11 Å². The first kappa shape index (κ1) is 8.75. The number of rotatable bonds is 1. The zero-order valence-corrected chi connectivity index (χ0v) is 7.37. The van der Waals surface area contributed by atoms with Crippen LogP contribution in [0.3, 0.4) is 0 Å². The summed E-state index contributed by atoms with van der Waals surface area (Å²) in [6, 6.07) is 14.0. The molecule has 0 aliphatic heterocycles. The third-order valence-corrected chi connectivity index (χ3v) is 1.98. The van der Waals surface area contributed by atoms with Gasteiger partial charge in [0, 0.05) is 11.6 Å². The second-order valence-corrected chi connectivity index (χ2v) is 2.95. The Hall–Kier alpha value is -1.83. The number of phenolic OH excluding ortho intramolecular Hbond substituents is 1. The minimum Gasteiger partial charge on any atom is -0.507 e. The molecule has 69 valence electrons. The Morgan fingerprint density at radius 3 is 2.71 bits per heavy atom. The van der Waals surface area contributed by atoms with Crippen molar-refractivity contribution >= 4 is 0 Å². The van der Waals surface area contributed by atoms with Crippen molar-refractivity contribution in [3.05, 3.63) is 54.3 Å². The molecule has 14 heavy (non-hydrogen) atoms. The Morgan fingerprint density at radius 1 is 1.21 bits per heavy atom. The highest BCUT2D eigenvalue weighted by molar-refractivity contribution is 5.69. The summed E-state index contributed by atoms with van der Waals surface area (Å²) < 4.78 is 12.7. The van der Waals surface area contributed by atoms with Gasteiger partial charge in [0.2, 0.25) is 0 Å². The average Bonchev–Trinajstić information content (AvgIpc) is 2.19. The van der Waals surface area contributed by atoms with Crippen LogP contribution < -0.4 is 0 Å². The standard InChI is InChI=1S/C12H8FO/c13-10-6-7-11(12(14)8-10)9-4-2-1-3-5-9/h1-2,4-8,14H. The maximum Gasteiger partial charge on any atom is 0.126 e. The molecule has 2 rings (SSSR count). The second-order valence-electron chi connectivity index (χ2n) is 2.95. The SMILES string of the molecule is Oc1cc(F)ccc1-c1c[c]ccc1. The van der Waals surface area contributed by atoms with Gasteiger partial charge in [0.25, 0.3) is 0 Å². The lowest BCUT2D eigenvalue weighted by Crippen LogP contribution is -1.80. The summed E-state index contributed by atoms with van der Waals surface area (Å²) in [5.41, 5.74) is 1.44. The van der Waals surface area contributed by atoms with Gasteiger partial charge >= 0.3 is 0 Å². The van der Waals surface area contributed by atoms with Gasteiger partial charge in [-0.05, 0) is 29.8 Å². The van der Waals surface area contributed by atoms with Gasteiger partial charge in [0.1, 0.15) is 11.6 Å². The van der Waals surface area contributed by atoms with E-state index in [9.17, 15) is 9.50 Å². The Kier molecular flexibility index (Phi) is 2.19. The van der Waals surface area contributed by atoms with Gasteiger partial charge in [-0.3, -0.25) is 0 Å². The minimum absolute atomic E-state index is 0.0513. The van der Waals surface area contributed by atoms with Gasteiger partial charge in [0.05, 0.1) is 0 Å². The molecular formula is C12H8FO. The predicted octanol–water partition coefficient (Wildman–Crippen LogP) is 3.00. The van der Waals surface area contributed by atoms with Crippen LogP contribution in [0.1, 0.15) is 0 Å².